The zero-order valence-corrected chi connectivity index (χ0v) is 13.8. The van der Waals surface area contributed by atoms with Crippen molar-refractivity contribution in [1.29, 1.82) is 0 Å². The number of carboxylic acids is 1. The Balaban J connectivity index is 1.92. The van der Waals surface area contributed by atoms with E-state index < -0.39 is 12.0 Å². The largest absolute Gasteiger partial charge is 0.480 e. The lowest BCUT2D eigenvalue weighted by Crippen LogP contribution is -2.44. The quantitative estimate of drug-likeness (QED) is 0.554. The van der Waals surface area contributed by atoms with Crippen molar-refractivity contribution >= 4 is 35.1 Å². The lowest BCUT2D eigenvalue weighted by Gasteiger charge is -2.14. The van der Waals surface area contributed by atoms with Crippen LogP contribution in [0.3, 0.4) is 0 Å². The van der Waals surface area contributed by atoms with Crippen molar-refractivity contribution in [3.63, 3.8) is 0 Å². The van der Waals surface area contributed by atoms with E-state index >= 15 is 0 Å². The first-order valence-electron chi connectivity index (χ1n) is 7.10. The van der Waals surface area contributed by atoms with Crippen molar-refractivity contribution in [2.75, 3.05) is 13.2 Å². The Morgan fingerprint density at radius 1 is 1.43 bits per heavy atom. The molecule has 0 radical (unpaired) electrons. The lowest BCUT2D eigenvalue weighted by molar-refractivity contribution is -0.143. The zero-order chi connectivity index (χ0) is 17.0. The number of carbonyl (C=O) groups excluding carboxylic acids is 1. The van der Waals surface area contributed by atoms with E-state index in [1.54, 1.807) is 12.1 Å². The fourth-order valence-corrected chi connectivity index (χ4v) is 2.63. The highest BCUT2D eigenvalue weighted by Crippen LogP contribution is 2.48. The van der Waals surface area contributed by atoms with Crippen molar-refractivity contribution in [2.24, 2.45) is 5.92 Å². The molecule has 3 atom stereocenters. The fraction of sp³-hybridized carbons (Fsp3) is 0.375. The first-order valence-corrected chi connectivity index (χ1v) is 7.86. The van der Waals surface area contributed by atoms with E-state index in [9.17, 15) is 9.59 Å². The van der Waals surface area contributed by atoms with Gasteiger partial charge in [0.1, 0.15) is 0 Å². The normalized spacial score (nSPS) is 20.6. The summed E-state index contributed by atoms with van der Waals surface area (Å²) >= 11 is 11.8. The number of hydrogen-bond donors (Lipinski definition) is 2. The van der Waals surface area contributed by atoms with E-state index in [4.69, 9.17) is 33.0 Å². The topological polar surface area (TPSA) is 75.6 Å². The van der Waals surface area contributed by atoms with Crippen LogP contribution in [0.1, 0.15) is 17.9 Å². The number of rotatable bonds is 8. The minimum Gasteiger partial charge on any atom is -0.480 e. The molecule has 3 unspecified atom stereocenters. The van der Waals surface area contributed by atoms with Crippen LogP contribution in [0.25, 0.3) is 0 Å². The van der Waals surface area contributed by atoms with E-state index in [0.29, 0.717) is 16.5 Å². The van der Waals surface area contributed by atoms with Crippen molar-refractivity contribution in [2.45, 2.75) is 18.4 Å². The van der Waals surface area contributed by atoms with Gasteiger partial charge in [0.2, 0.25) is 5.91 Å². The van der Waals surface area contributed by atoms with E-state index in [1.165, 1.54) is 6.08 Å². The molecular weight excluding hydrogens is 341 g/mol. The number of halogens is 2. The van der Waals surface area contributed by atoms with Gasteiger partial charge >= 0.3 is 5.97 Å². The van der Waals surface area contributed by atoms with Crippen LogP contribution in [0.15, 0.2) is 30.9 Å². The number of hydrogen-bond acceptors (Lipinski definition) is 3. The number of benzene rings is 1. The molecule has 2 N–H and O–H groups in total. The van der Waals surface area contributed by atoms with E-state index in [1.807, 2.05) is 6.07 Å². The summed E-state index contributed by atoms with van der Waals surface area (Å²) in [5, 5.41) is 12.5. The molecule has 1 aliphatic rings. The molecule has 23 heavy (non-hydrogen) atoms. The van der Waals surface area contributed by atoms with Gasteiger partial charge in [-0.05, 0) is 30.0 Å². The maximum Gasteiger partial charge on any atom is 0.328 e. The Hall–Kier alpha value is -1.56. The van der Waals surface area contributed by atoms with E-state index in [-0.39, 0.29) is 31.0 Å². The molecule has 1 aromatic carbocycles. The van der Waals surface area contributed by atoms with Gasteiger partial charge in [0.15, 0.2) is 6.04 Å². The predicted molar refractivity (Wildman–Crippen MR) is 87.9 cm³/mol. The molecule has 1 amide bonds. The molecular formula is C16H17Cl2NO4. The zero-order valence-electron chi connectivity index (χ0n) is 12.3. The fourth-order valence-electron chi connectivity index (χ4n) is 2.32. The molecule has 5 nitrogen and oxygen atoms in total. The average Bonchev–Trinajstić information content (AvgIpc) is 3.29. The molecule has 7 heteroatoms. The second kappa shape index (κ2) is 7.81. The highest BCUT2D eigenvalue weighted by atomic mass is 35.5. The van der Waals surface area contributed by atoms with Crippen molar-refractivity contribution in [3.8, 4) is 0 Å². The van der Waals surface area contributed by atoms with Gasteiger partial charge in [-0.1, -0.05) is 35.3 Å². The van der Waals surface area contributed by atoms with Crippen molar-refractivity contribution in [3.05, 3.63) is 46.5 Å². The molecule has 1 aliphatic carbocycles. The molecule has 0 bridgehead atoms. The summed E-state index contributed by atoms with van der Waals surface area (Å²) in [6.45, 7) is 3.61. The standard InChI is InChI=1S/C16H17Cl2NO4/c1-2-5-23-8-14(16(21)22)19-15(20)11-7-10(11)9-3-4-12(17)13(18)6-9/h2-4,6,10-11,14H,1,5,7-8H2,(H,19,20)(H,21,22). The number of nitrogens with one attached hydrogen (secondary N) is 1. The van der Waals surface area contributed by atoms with Gasteiger partial charge in [0.25, 0.3) is 0 Å². The summed E-state index contributed by atoms with van der Waals surface area (Å²) in [5.74, 6) is -1.65. The van der Waals surface area contributed by atoms with Gasteiger partial charge in [-0.3, -0.25) is 4.79 Å². The smallest absolute Gasteiger partial charge is 0.328 e. The maximum atomic E-state index is 12.2. The highest BCUT2D eigenvalue weighted by Gasteiger charge is 2.45. The molecule has 2 rings (SSSR count). The molecule has 0 spiro atoms. The first-order chi connectivity index (χ1) is 10.9. The monoisotopic (exact) mass is 357 g/mol. The molecule has 0 aromatic heterocycles. The molecule has 0 heterocycles. The lowest BCUT2D eigenvalue weighted by atomic mass is 10.1. The Morgan fingerprint density at radius 3 is 2.78 bits per heavy atom. The molecule has 124 valence electrons. The van der Waals surface area contributed by atoms with Gasteiger partial charge in [0, 0.05) is 5.92 Å². The number of carbonyl (C=O) groups is 2. The molecule has 1 saturated carbocycles. The minimum atomic E-state index is -1.13. The molecule has 1 fully saturated rings. The number of ether oxygens (including phenoxy) is 1. The summed E-state index contributed by atoms with van der Waals surface area (Å²) in [5.41, 5.74) is 0.925. The Morgan fingerprint density at radius 2 is 2.17 bits per heavy atom. The third-order valence-electron chi connectivity index (χ3n) is 3.63. The van der Waals surface area contributed by atoms with Crippen LogP contribution >= 0.6 is 23.2 Å². The van der Waals surface area contributed by atoms with Crippen molar-refractivity contribution in [1.82, 2.24) is 5.32 Å². The second-order valence-corrected chi connectivity index (χ2v) is 6.16. The maximum absolute atomic E-state index is 12.2. The summed E-state index contributed by atoms with van der Waals surface area (Å²) in [6, 6.07) is 4.19. The Labute approximate surface area is 144 Å². The SMILES string of the molecule is C=CCOCC(NC(=O)C1CC1c1ccc(Cl)c(Cl)c1)C(=O)O. The third-order valence-corrected chi connectivity index (χ3v) is 4.37. The second-order valence-electron chi connectivity index (χ2n) is 5.35. The van der Waals surface area contributed by atoms with Gasteiger partial charge in [-0.15, -0.1) is 6.58 Å². The van der Waals surface area contributed by atoms with Crippen molar-refractivity contribution < 1.29 is 19.4 Å². The number of amides is 1. The van der Waals surface area contributed by atoms with Gasteiger partial charge in [-0.25, -0.2) is 4.79 Å². The molecule has 0 saturated heterocycles. The van der Waals surface area contributed by atoms with Crippen LogP contribution in [-0.4, -0.2) is 36.2 Å². The van der Waals surface area contributed by atoms with Crippen LogP contribution in [0.4, 0.5) is 0 Å². The minimum absolute atomic E-state index is 0.0355. The van der Waals surface area contributed by atoms with E-state index in [0.717, 1.165) is 5.56 Å². The van der Waals surface area contributed by atoms with Crippen LogP contribution in [-0.2, 0) is 14.3 Å². The summed E-state index contributed by atoms with van der Waals surface area (Å²) in [4.78, 5) is 23.3. The summed E-state index contributed by atoms with van der Waals surface area (Å²) in [7, 11) is 0. The Bertz CT molecular complexity index is 620. The van der Waals surface area contributed by atoms with Crippen LogP contribution in [0.5, 0.6) is 0 Å². The summed E-state index contributed by atoms with van der Waals surface area (Å²) < 4.78 is 5.10. The van der Waals surface area contributed by atoms with Crippen LogP contribution in [0.2, 0.25) is 10.0 Å². The molecule has 0 aliphatic heterocycles. The summed E-state index contributed by atoms with van der Waals surface area (Å²) in [6.07, 6.45) is 2.17. The van der Waals surface area contributed by atoms with E-state index in [2.05, 4.69) is 11.9 Å². The predicted octanol–water partition coefficient (Wildman–Crippen LogP) is 2.87. The third kappa shape index (κ3) is 4.70. The average molecular weight is 358 g/mol. The van der Waals surface area contributed by atoms with Gasteiger partial charge in [0.05, 0.1) is 23.3 Å². The van der Waals surface area contributed by atoms with Crippen LogP contribution in [0, 0.1) is 5.92 Å². The number of aliphatic carboxylic acids is 1. The Kier molecular flexibility index (Phi) is 6.04. The van der Waals surface area contributed by atoms with Gasteiger partial charge < -0.3 is 15.2 Å². The van der Waals surface area contributed by atoms with Crippen LogP contribution < -0.4 is 5.32 Å². The first kappa shape index (κ1) is 17.8. The number of carboxylic acid groups (broad SMARTS) is 1. The van der Waals surface area contributed by atoms with Gasteiger partial charge in [-0.2, -0.15) is 0 Å². The molecule has 1 aromatic rings. The highest BCUT2D eigenvalue weighted by molar-refractivity contribution is 6.42.